The average Bonchev–Trinajstić information content (AvgIpc) is 3.43. The van der Waals surface area contributed by atoms with Gasteiger partial charge in [0.1, 0.15) is 5.82 Å². The molecular formula is C21H21ClFN5O3. The lowest BCUT2D eigenvalue weighted by Crippen LogP contribution is -2.39. The van der Waals surface area contributed by atoms with Gasteiger partial charge in [-0.3, -0.25) is 18.3 Å². The fourth-order valence-electron chi connectivity index (χ4n) is 4.25. The van der Waals surface area contributed by atoms with Gasteiger partial charge in [-0.05, 0) is 31.9 Å². The Labute approximate surface area is 181 Å². The molecule has 0 amide bonds. The Kier molecular flexibility index (Phi) is 4.75. The van der Waals surface area contributed by atoms with Gasteiger partial charge in [0.15, 0.2) is 11.2 Å². The second kappa shape index (κ2) is 7.35. The van der Waals surface area contributed by atoms with Crippen molar-refractivity contribution in [2.75, 3.05) is 6.61 Å². The molecule has 0 radical (unpaired) electrons. The van der Waals surface area contributed by atoms with Gasteiger partial charge in [-0.2, -0.15) is 4.98 Å². The fraction of sp³-hybridized carbons (Fsp3) is 0.381. The number of hydrogen-bond acceptors (Lipinski definition) is 4. The van der Waals surface area contributed by atoms with Crippen LogP contribution in [0.5, 0.6) is 0 Å². The van der Waals surface area contributed by atoms with E-state index in [-0.39, 0.29) is 34.4 Å². The third kappa shape index (κ3) is 3.11. The largest absolute Gasteiger partial charge is 0.376 e. The number of fused-ring (bicyclic) bond motifs is 3. The Bertz CT molecular complexity index is 1420. The summed E-state index contributed by atoms with van der Waals surface area (Å²) in [5.41, 5.74) is 0.437. The van der Waals surface area contributed by atoms with Crippen molar-refractivity contribution >= 4 is 28.5 Å². The quantitative estimate of drug-likeness (QED) is 0.483. The van der Waals surface area contributed by atoms with E-state index in [1.54, 1.807) is 11.4 Å². The van der Waals surface area contributed by atoms with E-state index >= 15 is 0 Å². The average molecular weight is 446 g/mol. The highest BCUT2D eigenvalue weighted by molar-refractivity contribution is 6.31. The molecule has 5 rings (SSSR count). The van der Waals surface area contributed by atoms with Crippen molar-refractivity contribution in [3.63, 3.8) is 0 Å². The molecule has 0 bridgehead atoms. The smallest absolute Gasteiger partial charge is 0.332 e. The van der Waals surface area contributed by atoms with Crippen LogP contribution in [0.2, 0.25) is 5.02 Å². The number of benzene rings is 1. The number of aryl methyl sites for hydroxylation is 2. The summed E-state index contributed by atoms with van der Waals surface area (Å²) < 4.78 is 26.1. The molecule has 4 heterocycles. The molecule has 8 nitrogen and oxygen atoms in total. The number of ether oxygens (including phenoxy) is 1. The summed E-state index contributed by atoms with van der Waals surface area (Å²) in [4.78, 5) is 30.9. The Morgan fingerprint density at radius 1 is 1.29 bits per heavy atom. The van der Waals surface area contributed by atoms with Crippen LogP contribution in [0.15, 0.2) is 34.0 Å². The minimum absolute atomic E-state index is 0.0932. The minimum Gasteiger partial charge on any atom is -0.376 e. The van der Waals surface area contributed by atoms with Gasteiger partial charge < -0.3 is 9.30 Å². The minimum atomic E-state index is -0.583. The first-order chi connectivity index (χ1) is 14.9. The van der Waals surface area contributed by atoms with Crippen LogP contribution in [0.1, 0.15) is 24.1 Å². The molecule has 4 aromatic rings. The van der Waals surface area contributed by atoms with Gasteiger partial charge in [0.25, 0.3) is 5.56 Å². The summed E-state index contributed by atoms with van der Waals surface area (Å²) in [6.45, 7) is 3.04. The number of nitrogens with zero attached hydrogens (tertiary/aromatic N) is 5. The topological polar surface area (TPSA) is 75.5 Å². The molecule has 10 heteroatoms. The molecule has 1 fully saturated rings. The lowest BCUT2D eigenvalue weighted by molar-refractivity contribution is 0.0974. The molecule has 1 aromatic carbocycles. The van der Waals surface area contributed by atoms with E-state index in [1.165, 1.54) is 22.8 Å². The second-order valence-electron chi connectivity index (χ2n) is 7.90. The monoisotopic (exact) mass is 445 g/mol. The van der Waals surface area contributed by atoms with Crippen LogP contribution in [-0.2, 0) is 24.9 Å². The van der Waals surface area contributed by atoms with E-state index < -0.39 is 17.1 Å². The van der Waals surface area contributed by atoms with E-state index in [9.17, 15) is 14.0 Å². The van der Waals surface area contributed by atoms with Crippen LogP contribution in [-0.4, -0.2) is 35.8 Å². The highest BCUT2D eigenvalue weighted by Gasteiger charge is 2.23. The third-order valence-electron chi connectivity index (χ3n) is 5.93. The van der Waals surface area contributed by atoms with Crippen LogP contribution >= 0.6 is 11.6 Å². The van der Waals surface area contributed by atoms with Crippen molar-refractivity contribution in [2.45, 2.75) is 39.0 Å². The first-order valence-corrected chi connectivity index (χ1v) is 10.5. The molecule has 1 aliphatic heterocycles. The molecule has 1 saturated heterocycles. The molecule has 1 atom stereocenters. The lowest BCUT2D eigenvalue weighted by atomic mass is 10.2. The Balaban J connectivity index is 1.71. The van der Waals surface area contributed by atoms with Crippen molar-refractivity contribution < 1.29 is 9.13 Å². The Hall–Kier alpha value is -2.91. The molecule has 1 aliphatic rings. The number of aromatic nitrogens is 5. The van der Waals surface area contributed by atoms with Crippen LogP contribution in [0.25, 0.3) is 16.9 Å². The van der Waals surface area contributed by atoms with Gasteiger partial charge >= 0.3 is 5.69 Å². The molecule has 162 valence electrons. The van der Waals surface area contributed by atoms with Crippen LogP contribution in [0, 0.1) is 12.7 Å². The first kappa shape index (κ1) is 20.0. The molecule has 0 unspecified atom stereocenters. The fourth-order valence-corrected chi connectivity index (χ4v) is 4.48. The zero-order chi connectivity index (χ0) is 21.9. The van der Waals surface area contributed by atoms with Crippen molar-refractivity contribution in [1.82, 2.24) is 23.1 Å². The number of halogens is 2. The second-order valence-corrected chi connectivity index (χ2v) is 8.31. The maximum Gasteiger partial charge on any atom is 0.332 e. The Morgan fingerprint density at radius 3 is 2.81 bits per heavy atom. The maximum absolute atomic E-state index is 14.3. The number of imidazole rings is 2. The SMILES string of the molecule is Cc1cn2c3c(=O)n(Cc4c(F)cccc4Cl)c(=O)n(C)c3nc2n1C[C@@H]1CCCO1. The van der Waals surface area contributed by atoms with Gasteiger partial charge in [0.05, 0.1) is 19.2 Å². The van der Waals surface area contributed by atoms with E-state index in [1.807, 2.05) is 17.7 Å². The standard InChI is InChI=1S/C21H21ClFN5O3/c1-12-9-27-17-18(24-20(27)26(12)10-13-5-4-8-31-13)25(2)21(30)28(19(17)29)11-14-15(22)6-3-7-16(14)23/h3,6-7,9,13H,4-5,8,10-11H2,1-2H3/t13-/m0/s1. The molecule has 0 spiro atoms. The van der Waals surface area contributed by atoms with Crippen molar-refractivity contribution in [2.24, 2.45) is 7.05 Å². The van der Waals surface area contributed by atoms with Crippen LogP contribution < -0.4 is 11.2 Å². The third-order valence-corrected chi connectivity index (χ3v) is 6.28. The van der Waals surface area contributed by atoms with Gasteiger partial charge in [-0.15, -0.1) is 0 Å². The van der Waals surface area contributed by atoms with Crippen molar-refractivity contribution in [1.29, 1.82) is 0 Å². The number of hydrogen-bond donors (Lipinski definition) is 0. The summed E-state index contributed by atoms with van der Waals surface area (Å²) in [6.07, 6.45) is 3.92. The normalized spacial score (nSPS) is 16.7. The molecule has 3 aromatic heterocycles. The molecule has 0 N–H and O–H groups in total. The number of rotatable bonds is 4. The summed E-state index contributed by atoms with van der Waals surface area (Å²) >= 11 is 6.12. The van der Waals surface area contributed by atoms with Crippen molar-refractivity contribution in [3.05, 3.63) is 67.3 Å². The first-order valence-electron chi connectivity index (χ1n) is 10.1. The highest BCUT2D eigenvalue weighted by Crippen LogP contribution is 2.22. The summed E-state index contributed by atoms with van der Waals surface area (Å²) in [5.74, 6) is -0.00434. The van der Waals surface area contributed by atoms with Gasteiger partial charge in [0, 0.05) is 36.1 Å². The predicted molar refractivity (Wildman–Crippen MR) is 114 cm³/mol. The zero-order valence-electron chi connectivity index (χ0n) is 17.1. The van der Waals surface area contributed by atoms with E-state index in [0.29, 0.717) is 12.3 Å². The Morgan fingerprint density at radius 2 is 2.10 bits per heavy atom. The predicted octanol–water partition coefficient (Wildman–Crippen LogP) is 2.48. The van der Waals surface area contributed by atoms with E-state index in [0.717, 1.165) is 29.7 Å². The summed E-state index contributed by atoms with van der Waals surface area (Å²) in [5, 5.41) is 0.158. The maximum atomic E-state index is 14.3. The zero-order valence-corrected chi connectivity index (χ0v) is 17.9. The molecular weight excluding hydrogens is 425 g/mol. The van der Waals surface area contributed by atoms with Crippen LogP contribution in [0.3, 0.4) is 0 Å². The van der Waals surface area contributed by atoms with Crippen LogP contribution in [0.4, 0.5) is 4.39 Å². The highest BCUT2D eigenvalue weighted by atomic mass is 35.5. The van der Waals surface area contributed by atoms with Gasteiger partial charge in [-0.1, -0.05) is 17.7 Å². The molecule has 31 heavy (non-hydrogen) atoms. The van der Waals surface area contributed by atoms with Crippen molar-refractivity contribution in [3.8, 4) is 0 Å². The molecule has 0 saturated carbocycles. The lowest BCUT2D eigenvalue weighted by Gasteiger charge is -2.11. The molecule has 0 aliphatic carbocycles. The van der Waals surface area contributed by atoms with E-state index in [2.05, 4.69) is 4.98 Å². The van der Waals surface area contributed by atoms with E-state index in [4.69, 9.17) is 16.3 Å². The summed E-state index contributed by atoms with van der Waals surface area (Å²) in [7, 11) is 1.55. The van der Waals surface area contributed by atoms with Gasteiger partial charge in [0.2, 0.25) is 5.78 Å². The summed E-state index contributed by atoms with van der Waals surface area (Å²) in [6, 6.07) is 4.26. The van der Waals surface area contributed by atoms with Gasteiger partial charge in [-0.25, -0.2) is 9.18 Å².